The van der Waals surface area contributed by atoms with Crippen molar-refractivity contribution in [3.8, 4) is 0 Å². The van der Waals surface area contributed by atoms with Gasteiger partial charge < -0.3 is 10.0 Å². The minimum Gasteiger partial charge on any atom is -0.465 e. The van der Waals surface area contributed by atoms with Crippen LogP contribution in [0.4, 0.5) is 13.6 Å². The minimum atomic E-state index is -1.62. The van der Waals surface area contributed by atoms with Crippen molar-refractivity contribution in [3.63, 3.8) is 0 Å². The van der Waals surface area contributed by atoms with E-state index in [0.717, 1.165) is 4.90 Å². The number of alkyl halides is 1. The number of nitrogens with zero attached hydrogens (tertiary/aromatic N) is 4. The lowest BCUT2D eigenvalue weighted by Gasteiger charge is -2.24. The van der Waals surface area contributed by atoms with Crippen LogP contribution in [0.1, 0.15) is 5.56 Å². The third kappa shape index (κ3) is 3.01. The van der Waals surface area contributed by atoms with E-state index >= 15 is 0 Å². The fourth-order valence-corrected chi connectivity index (χ4v) is 2.64. The second kappa shape index (κ2) is 6.15. The fourth-order valence-electron chi connectivity index (χ4n) is 2.45. The molecule has 0 bridgehead atoms. The predicted molar refractivity (Wildman–Crippen MR) is 71.5 cm³/mol. The zero-order chi connectivity index (χ0) is 15.6. The van der Waals surface area contributed by atoms with E-state index in [4.69, 9.17) is 22.2 Å². The molecule has 0 saturated carbocycles. The van der Waals surface area contributed by atoms with Crippen LogP contribution in [-0.2, 0) is 6.42 Å². The Balaban J connectivity index is 2.34. The first kappa shape index (κ1) is 15.3. The summed E-state index contributed by atoms with van der Waals surface area (Å²) >= 11 is 5.66. The van der Waals surface area contributed by atoms with E-state index in [9.17, 15) is 13.6 Å². The van der Waals surface area contributed by atoms with Gasteiger partial charge in [-0.25, -0.2) is 13.6 Å². The summed E-state index contributed by atoms with van der Waals surface area (Å²) in [5, 5.41) is 12.3. The average Bonchev–Trinajstić information content (AvgIpc) is 2.73. The number of hydrogen-bond acceptors (Lipinski definition) is 2. The largest absolute Gasteiger partial charge is 0.465 e. The molecule has 1 aliphatic rings. The van der Waals surface area contributed by atoms with Crippen molar-refractivity contribution < 1.29 is 18.7 Å². The lowest BCUT2D eigenvalue weighted by molar-refractivity contribution is 0.137. The van der Waals surface area contributed by atoms with Crippen LogP contribution in [0.25, 0.3) is 10.4 Å². The van der Waals surface area contributed by atoms with Crippen LogP contribution in [0.15, 0.2) is 23.3 Å². The second-order valence-corrected chi connectivity index (χ2v) is 5.04. The first-order valence-corrected chi connectivity index (χ1v) is 6.44. The van der Waals surface area contributed by atoms with Crippen molar-refractivity contribution >= 4 is 17.7 Å². The van der Waals surface area contributed by atoms with Crippen LogP contribution in [-0.4, -0.2) is 40.9 Å². The second-order valence-electron chi connectivity index (χ2n) is 4.63. The highest BCUT2D eigenvalue weighted by molar-refractivity contribution is 6.30. The number of carboxylic acid groups (broad SMARTS) is 1. The van der Waals surface area contributed by atoms with E-state index in [1.54, 1.807) is 0 Å². The summed E-state index contributed by atoms with van der Waals surface area (Å²) in [4.78, 5) is 14.5. The number of hydrogen-bond donors (Lipinski definition) is 1. The maximum Gasteiger partial charge on any atom is 0.407 e. The molecule has 1 heterocycles. The molecule has 0 unspecified atom stereocenters. The smallest absolute Gasteiger partial charge is 0.407 e. The molecule has 1 N–H and O–H groups in total. The molecular formula is C12H11ClF2N4O2. The Hall–Kier alpha value is -2.05. The van der Waals surface area contributed by atoms with Gasteiger partial charge in [-0.1, -0.05) is 28.8 Å². The van der Waals surface area contributed by atoms with Crippen molar-refractivity contribution in [1.29, 1.82) is 0 Å². The van der Waals surface area contributed by atoms with E-state index in [0.29, 0.717) is 0 Å². The van der Waals surface area contributed by atoms with Crippen LogP contribution in [0.3, 0.4) is 0 Å². The molecular weight excluding hydrogens is 306 g/mol. The molecule has 1 aromatic rings. The lowest BCUT2D eigenvalue weighted by Crippen LogP contribution is -2.40. The molecule has 21 heavy (non-hydrogen) atoms. The maximum atomic E-state index is 13.9. The van der Waals surface area contributed by atoms with E-state index in [1.807, 2.05) is 0 Å². The van der Waals surface area contributed by atoms with Crippen LogP contribution in [0, 0.1) is 5.82 Å². The summed E-state index contributed by atoms with van der Waals surface area (Å²) in [7, 11) is 0. The van der Waals surface area contributed by atoms with Gasteiger partial charge in [0.15, 0.2) is 0 Å². The van der Waals surface area contributed by atoms with Gasteiger partial charge >= 0.3 is 6.09 Å². The Morgan fingerprint density at radius 1 is 1.62 bits per heavy atom. The van der Waals surface area contributed by atoms with Crippen LogP contribution in [0.2, 0.25) is 5.02 Å². The standard InChI is InChI=1S/C12H11ClF2N4O2/c13-7-3-1-2-6(10(7)15)4-9-11(17-18-16)8(14)5-19(9)12(20)21/h1-3,8-9,11H,4-5H2,(H,20,21)/t8-,9-,11-/m0/s1. The number of rotatable bonds is 3. The lowest BCUT2D eigenvalue weighted by atomic mass is 9.99. The van der Waals surface area contributed by atoms with Crippen LogP contribution >= 0.6 is 11.6 Å². The van der Waals surface area contributed by atoms with Crippen LogP contribution < -0.4 is 0 Å². The van der Waals surface area contributed by atoms with Gasteiger partial charge in [0, 0.05) is 4.91 Å². The molecule has 1 aliphatic heterocycles. The Morgan fingerprint density at radius 2 is 2.33 bits per heavy atom. The minimum absolute atomic E-state index is 0.107. The van der Waals surface area contributed by atoms with E-state index < -0.39 is 36.7 Å². The molecule has 1 aromatic carbocycles. The monoisotopic (exact) mass is 316 g/mol. The zero-order valence-corrected chi connectivity index (χ0v) is 11.4. The highest BCUT2D eigenvalue weighted by atomic mass is 35.5. The van der Waals surface area contributed by atoms with Gasteiger partial charge in [0.2, 0.25) is 0 Å². The van der Waals surface area contributed by atoms with Crippen molar-refractivity contribution in [2.75, 3.05) is 6.54 Å². The number of benzene rings is 1. The van der Waals surface area contributed by atoms with Gasteiger partial charge in [-0.05, 0) is 23.6 Å². The summed E-state index contributed by atoms with van der Waals surface area (Å²) in [6.07, 6.45) is -3.09. The molecule has 1 saturated heterocycles. The Labute approximate surface area is 123 Å². The summed E-state index contributed by atoms with van der Waals surface area (Å²) in [5.41, 5.74) is 8.63. The zero-order valence-electron chi connectivity index (χ0n) is 10.7. The normalized spacial score (nSPS) is 24.7. The molecule has 3 atom stereocenters. The van der Waals surface area contributed by atoms with Gasteiger partial charge in [0.1, 0.15) is 12.0 Å². The summed E-state index contributed by atoms with van der Waals surface area (Å²) in [6, 6.07) is 2.13. The van der Waals surface area contributed by atoms with Gasteiger partial charge in [-0.2, -0.15) is 0 Å². The van der Waals surface area contributed by atoms with Crippen molar-refractivity contribution in [2.45, 2.75) is 24.7 Å². The third-order valence-electron chi connectivity index (χ3n) is 3.43. The van der Waals surface area contributed by atoms with E-state index in [-0.39, 0.29) is 17.0 Å². The molecule has 112 valence electrons. The summed E-state index contributed by atoms with van der Waals surface area (Å²) in [6.45, 7) is -0.411. The third-order valence-corrected chi connectivity index (χ3v) is 3.72. The SMILES string of the molecule is [N-]=[N+]=N[C@H]1[C@@H](F)CN(C(=O)O)[C@H]1Cc1cccc(Cl)c1F. The summed E-state index contributed by atoms with van der Waals surface area (Å²) < 4.78 is 27.7. The number of likely N-dealkylation sites (tertiary alicyclic amines) is 1. The molecule has 1 fully saturated rings. The first-order valence-electron chi connectivity index (χ1n) is 6.06. The van der Waals surface area contributed by atoms with Crippen LogP contribution in [0.5, 0.6) is 0 Å². The number of azide groups is 1. The molecule has 0 spiro atoms. The Morgan fingerprint density at radius 3 is 2.95 bits per heavy atom. The molecule has 0 aliphatic carbocycles. The highest BCUT2D eigenvalue weighted by Crippen LogP contribution is 2.29. The molecule has 0 radical (unpaired) electrons. The average molecular weight is 317 g/mol. The number of carbonyl (C=O) groups is 1. The van der Waals surface area contributed by atoms with Crippen molar-refractivity contribution in [3.05, 3.63) is 45.0 Å². The quantitative estimate of drug-likeness (QED) is 0.526. The fraction of sp³-hybridized carbons (Fsp3) is 0.417. The predicted octanol–water partition coefficient (Wildman–Crippen LogP) is 3.40. The number of amides is 1. The first-order chi connectivity index (χ1) is 9.95. The van der Waals surface area contributed by atoms with E-state index in [1.165, 1.54) is 18.2 Å². The van der Waals surface area contributed by atoms with Crippen molar-refractivity contribution in [2.24, 2.45) is 5.11 Å². The van der Waals surface area contributed by atoms with Gasteiger partial charge in [-0.3, -0.25) is 0 Å². The maximum absolute atomic E-state index is 13.9. The molecule has 6 nitrogen and oxygen atoms in total. The highest BCUT2D eigenvalue weighted by Gasteiger charge is 2.44. The van der Waals surface area contributed by atoms with Gasteiger partial charge in [0.05, 0.1) is 23.7 Å². The summed E-state index contributed by atoms with van der Waals surface area (Å²) in [5.74, 6) is -0.688. The molecule has 9 heteroatoms. The van der Waals surface area contributed by atoms with Gasteiger partial charge in [-0.15, -0.1) is 0 Å². The Bertz CT molecular complexity index is 609. The van der Waals surface area contributed by atoms with E-state index in [2.05, 4.69) is 10.0 Å². The Kier molecular flexibility index (Phi) is 4.50. The topological polar surface area (TPSA) is 89.3 Å². The van der Waals surface area contributed by atoms with Crippen molar-refractivity contribution in [1.82, 2.24) is 4.90 Å². The molecule has 1 amide bonds. The van der Waals surface area contributed by atoms with Gasteiger partial charge in [0.25, 0.3) is 0 Å². The number of halogens is 3. The molecule has 2 rings (SSSR count). The molecule has 0 aromatic heterocycles.